The van der Waals surface area contributed by atoms with Crippen LogP contribution in [0.4, 0.5) is 0 Å². The number of fused-ring (bicyclic) bond motifs is 1. The van der Waals surface area contributed by atoms with Gasteiger partial charge in [-0.25, -0.2) is 0 Å². The fourth-order valence-corrected chi connectivity index (χ4v) is 2.51. The molecule has 3 heteroatoms. The maximum Gasteiger partial charge on any atom is 0.309 e. The fourth-order valence-electron chi connectivity index (χ4n) is 2.51. The zero-order valence-electron chi connectivity index (χ0n) is 7.19. The monoisotopic (exact) mass is 170 g/mol. The zero-order valence-corrected chi connectivity index (χ0v) is 7.19. The molecule has 0 aromatic heterocycles. The van der Waals surface area contributed by atoms with Crippen LogP contribution < -0.4 is 0 Å². The average Bonchev–Trinajstić information content (AvgIpc) is 2.31. The van der Waals surface area contributed by atoms with Crippen molar-refractivity contribution in [2.24, 2.45) is 17.8 Å². The second-order valence-corrected chi connectivity index (χ2v) is 4.02. The molecule has 2 aliphatic rings. The molecule has 4 unspecified atom stereocenters. The molecule has 1 saturated carbocycles. The number of cyclic esters (lactones) is 1. The highest BCUT2D eigenvalue weighted by Gasteiger charge is 2.44. The normalized spacial score (nSPS) is 47.0. The van der Waals surface area contributed by atoms with Crippen molar-refractivity contribution in [3.63, 3.8) is 0 Å². The first kappa shape index (κ1) is 8.05. The largest absolute Gasteiger partial charge is 0.465 e. The first-order chi connectivity index (χ1) is 5.68. The van der Waals surface area contributed by atoms with E-state index in [4.69, 9.17) is 4.74 Å². The van der Waals surface area contributed by atoms with Crippen molar-refractivity contribution in [1.29, 1.82) is 0 Å². The van der Waals surface area contributed by atoms with Crippen LogP contribution in [0.25, 0.3) is 0 Å². The molecule has 2 fully saturated rings. The lowest BCUT2D eigenvalue weighted by Crippen LogP contribution is -2.34. The van der Waals surface area contributed by atoms with Crippen LogP contribution in [0.1, 0.15) is 19.8 Å². The second kappa shape index (κ2) is 2.73. The highest BCUT2D eigenvalue weighted by molar-refractivity contribution is 5.75. The summed E-state index contributed by atoms with van der Waals surface area (Å²) in [5.41, 5.74) is 0. The van der Waals surface area contributed by atoms with Crippen molar-refractivity contribution in [2.75, 3.05) is 6.61 Å². The van der Waals surface area contributed by atoms with Crippen LogP contribution in [0, 0.1) is 17.8 Å². The molecular weight excluding hydrogens is 156 g/mol. The van der Waals surface area contributed by atoms with Crippen molar-refractivity contribution in [1.82, 2.24) is 0 Å². The summed E-state index contributed by atoms with van der Waals surface area (Å²) in [5.74, 6) is 0.567. The molecule has 3 nitrogen and oxygen atoms in total. The maximum absolute atomic E-state index is 11.2. The molecule has 0 amide bonds. The topological polar surface area (TPSA) is 46.5 Å². The van der Waals surface area contributed by atoms with Gasteiger partial charge >= 0.3 is 5.97 Å². The molecule has 4 atom stereocenters. The van der Waals surface area contributed by atoms with Gasteiger partial charge in [-0.05, 0) is 18.8 Å². The van der Waals surface area contributed by atoms with E-state index in [-0.39, 0.29) is 29.8 Å². The Balaban J connectivity index is 2.14. The Hall–Kier alpha value is -0.570. The lowest BCUT2D eigenvalue weighted by Gasteiger charge is -2.30. The third kappa shape index (κ3) is 1.12. The first-order valence-electron chi connectivity index (χ1n) is 4.53. The van der Waals surface area contributed by atoms with Crippen molar-refractivity contribution in [3.8, 4) is 0 Å². The fraction of sp³-hybridized carbons (Fsp3) is 0.889. The maximum atomic E-state index is 11.2. The summed E-state index contributed by atoms with van der Waals surface area (Å²) >= 11 is 0. The number of rotatable bonds is 0. The van der Waals surface area contributed by atoms with Crippen LogP contribution in [0.5, 0.6) is 0 Å². The van der Waals surface area contributed by atoms with E-state index in [1.165, 1.54) is 0 Å². The van der Waals surface area contributed by atoms with Gasteiger partial charge in [-0.15, -0.1) is 0 Å². The lowest BCUT2D eigenvalue weighted by atomic mass is 9.73. The molecule has 1 aliphatic heterocycles. The summed E-state index contributed by atoms with van der Waals surface area (Å²) in [5, 5.41) is 9.45. The van der Waals surface area contributed by atoms with E-state index in [0.29, 0.717) is 6.61 Å². The van der Waals surface area contributed by atoms with Crippen molar-refractivity contribution in [3.05, 3.63) is 0 Å². The van der Waals surface area contributed by atoms with Crippen molar-refractivity contribution >= 4 is 5.97 Å². The van der Waals surface area contributed by atoms with Gasteiger partial charge in [-0.2, -0.15) is 0 Å². The van der Waals surface area contributed by atoms with E-state index in [1.807, 2.05) is 6.92 Å². The van der Waals surface area contributed by atoms with Crippen LogP contribution in [-0.2, 0) is 9.53 Å². The number of ether oxygens (including phenoxy) is 1. The van der Waals surface area contributed by atoms with Crippen LogP contribution in [0.3, 0.4) is 0 Å². The molecule has 0 aromatic carbocycles. The van der Waals surface area contributed by atoms with Crippen LogP contribution in [0.2, 0.25) is 0 Å². The minimum Gasteiger partial charge on any atom is -0.465 e. The van der Waals surface area contributed by atoms with E-state index in [2.05, 4.69) is 0 Å². The van der Waals surface area contributed by atoms with E-state index in [0.717, 1.165) is 12.8 Å². The quantitative estimate of drug-likeness (QED) is 0.540. The molecule has 0 aromatic rings. The highest BCUT2D eigenvalue weighted by atomic mass is 16.5. The number of carbonyl (C=O) groups excluding carboxylic acids is 1. The summed E-state index contributed by atoms with van der Waals surface area (Å²) in [6, 6.07) is 0. The lowest BCUT2D eigenvalue weighted by molar-refractivity contribution is -0.143. The van der Waals surface area contributed by atoms with Crippen molar-refractivity contribution in [2.45, 2.75) is 25.9 Å². The Morgan fingerprint density at radius 3 is 3.00 bits per heavy atom. The smallest absolute Gasteiger partial charge is 0.309 e. The molecule has 68 valence electrons. The van der Waals surface area contributed by atoms with Gasteiger partial charge in [0.1, 0.15) is 0 Å². The van der Waals surface area contributed by atoms with E-state index >= 15 is 0 Å². The van der Waals surface area contributed by atoms with Crippen molar-refractivity contribution < 1.29 is 14.6 Å². The molecule has 0 radical (unpaired) electrons. The predicted octanol–water partition coefficient (Wildman–Crippen LogP) is 0.566. The molecule has 1 aliphatic carbocycles. The Morgan fingerprint density at radius 2 is 2.25 bits per heavy atom. The SMILES string of the molecule is CC1CC(O)CC2COC(=O)C12. The van der Waals surface area contributed by atoms with Gasteiger partial charge in [-0.3, -0.25) is 4.79 Å². The average molecular weight is 170 g/mol. The number of hydrogen-bond acceptors (Lipinski definition) is 3. The molecule has 2 rings (SSSR count). The van der Waals surface area contributed by atoms with Gasteiger partial charge < -0.3 is 9.84 Å². The molecule has 0 bridgehead atoms. The molecule has 12 heavy (non-hydrogen) atoms. The van der Waals surface area contributed by atoms with Crippen LogP contribution in [-0.4, -0.2) is 23.8 Å². The van der Waals surface area contributed by atoms with Gasteiger partial charge in [0.15, 0.2) is 0 Å². The molecule has 0 spiro atoms. The first-order valence-corrected chi connectivity index (χ1v) is 4.53. The van der Waals surface area contributed by atoms with Crippen LogP contribution >= 0.6 is 0 Å². The number of hydrogen-bond donors (Lipinski definition) is 1. The number of carbonyl (C=O) groups is 1. The summed E-state index contributed by atoms with van der Waals surface area (Å²) in [4.78, 5) is 11.2. The second-order valence-electron chi connectivity index (χ2n) is 4.02. The van der Waals surface area contributed by atoms with Gasteiger partial charge in [0.05, 0.1) is 18.6 Å². The third-order valence-corrected chi connectivity index (χ3v) is 3.05. The predicted molar refractivity (Wildman–Crippen MR) is 42.3 cm³/mol. The summed E-state index contributed by atoms with van der Waals surface area (Å²) in [7, 11) is 0. The standard InChI is InChI=1S/C9H14O3/c1-5-2-7(10)3-6-4-12-9(11)8(5)6/h5-8,10H,2-4H2,1H3. The number of aliphatic hydroxyl groups excluding tert-OH is 1. The minimum atomic E-state index is -0.226. The van der Waals surface area contributed by atoms with E-state index < -0.39 is 0 Å². The molecule has 1 saturated heterocycles. The summed E-state index contributed by atoms with van der Waals surface area (Å²) in [6.45, 7) is 2.54. The van der Waals surface area contributed by atoms with Gasteiger partial charge in [0.2, 0.25) is 0 Å². The van der Waals surface area contributed by atoms with Crippen LogP contribution in [0.15, 0.2) is 0 Å². The molecule has 1 N–H and O–H groups in total. The third-order valence-electron chi connectivity index (χ3n) is 3.05. The minimum absolute atomic E-state index is 0.0561. The number of esters is 1. The van der Waals surface area contributed by atoms with E-state index in [9.17, 15) is 9.90 Å². The van der Waals surface area contributed by atoms with Gasteiger partial charge in [0, 0.05) is 5.92 Å². The Morgan fingerprint density at radius 1 is 1.50 bits per heavy atom. The Bertz CT molecular complexity index is 202. The Kier molecular flexibility index (Phi) is 1.83. The number of aliphatic hydroxyl groups is 1. The highest BCUT2D eigenvalue weighted by Crippen LogP contribution is 2.39. The molecular formula is C9H14O3. The molecule has 1 heterocycles. The summed E-state index contributed by atoms with van der Waals surface area (Å²) in [6.07, 6.45) is 1.26. The van der Waals surface area contributed by atoms with E-state index in [1.54, 1.807) is 0 Å². The zero-order chi connectivity index (χ0) is 8.72. The van der Waals surface area contributed by atoms with Gasteiger partial charge in [0.25, 0.3) is 0 Å². The van der Waals surface area contributed by atoms with Gasteiger partial charge in [-0.1, -0.05) is 6.92 Å². The Labute approximate surface area is 71.7 Å². The summed E-state index contributed by atoms with van der Waals surface area (Å²) < 4.78 is 4.97.